The zero-order valence-corrected chi connectivity index (χ0v) is 11.6. The van der Waals surface area contributed by atoms with Crippen molar-refractivity contribution < 1.29 is 19.8 Å². The maximum Gasteiger partial charge on any atom is 0.317 e. The van der Waals surface area contributed by atoms with Gasteiger partial charge in [0.2, 0.25) is 5.91 Å². The fourth-order valence-corrected chi connectivity index (χ4v) is 1.78. The van der Waals surface area contributed by atoms with Gasteiger partial charge < -0.3 is 20.8 Å². The van der Waals surface area contributed by atoms with Crippen LogP contribution in [0, 0.1) is 0 Å². The molecular weight excluding hydrogens is 260 g/mol. The van der Waals surface area contributed by atoms with Gasteiger partial charge in [-0.15, -0.1) is 0 Å². The Morgan fingerprint density at radius 3 is 2.65 bits per heavy atom. The summed E-state index contributed by atoms with van der Waals surface area (Å²) in [7, 11) is 0. The largest absolute Gasteiger partial charge is 0.508 e. The molecule has 1 rings (SSSR count). The third kappa shape index (κ3) is 4.89. The van der Waals surface area contributed by atoms with E-state index in [9.17, 15) is 14.7 Å². The fraction of sp³-hybridized carbons (Fsp3) is 0.429. The Balaban J connectivity index is 2.80. The third-order valence-electron chi connectivity index (χ3n) is 2.81. The van der Waals surface area contributed by atoms with E-state index in [1.807, 2.05) is 6.92 Å². The molecule has 1 aromatic rings. The molecular formula is C14H20N2O4. The summed E-state index contributed by atoms with van der Waals surface area (Å²) in [6, 6.07) is 4.39. The van der Waals surface area contributed by atoms with E-state index in [2.05, 4.69) is 10.6 Å². The van der Waals surface area contributed by atoms with Crippen molar-refractivity contribution in [3.05, 3.63) is 23.8 Å². The molecule has 1 atom stereocenters. The summed E-state index contributed by atoms with van der Waals surface area (Å²) in [5, 5.41) is 23.9. The van der Waals surface area contributed by atoms with Crippen LogP contribution in [0.1, 0.15) is 38.3 Å². The molecule has 0 bridgehead atoms. The van der Waals surface area contributed by atoms with Gasteiger partial charge in [-0.2, -0.15) is 0 Å². The molecule has 0 aliphatic carbocycles. The van der Waals surface area contributed by atoms with Crippen molar-refractivity contribution in [3.63, 3.8) is 0 Å². The number of aliphatic carboxylic acids is 1. The first-order chi connectivity index (χ1) is 9.43. The minimum Gasteiger partial charge on any atom is -0.508 e. The number of aromatic hydroxyl groups is 1. The molecule has 4 N–H and O–H groups in total. The molecule has 0 spiro atoms. The number of carboxylic acid groups (broad SMARTS) is 1. The Morgan fingerprint density at radius 1 is 1.35 bits per heavy atom. The van der Waals surface area contributed by atoms with Crippen LogP contribution in [0.25, 0.3) is 0 Å². The predicted octanol–water partition coefficient (Wildman–Crippen LogP) is 1.87. The van der Waals surface area contributed by atoms with Gasteiger partial charge in [0.15, 0.2) is 0 Å². The molecule has 20 heavy (non-hydrogen) atoms. The number of amides is 1. The van der Waals surface area contributed by atoms with Gasteiger partial charge in [-0.25, -0.2) is 0 Å². The first-order valence-corrected chi connectivity index (χ1v) is 6.52. The predicted molar refractivity (Wildman–Crippen MR) is 75.7 cm³/mol. The normalized spacial score (nSPS) is 11.9. The number of phenolic OH excluding ortho intramolecular Hbond substituents is 1. The van der Waals surface area contributed by atoms with Crippen LogP contribution in [0.5, 0.6) is 5.75 Å². The number of anilines is 1. The molecule has 0 heterocycles. The summed E-state index contributed by atoms with van der Waals surface area (Å²) in [5.41, 5.74) is 1.13. The highest BCUT2D eigenvalue weighted by Crippen LogP contribution is 2.27. The highest BCUT2D eigenvalue weighted by molar-refractivity contribution is 5.90. The second-order valence-corrected chi connectivity index (χ2v) is 4.57. The number of rotatable bonds is 7. The lowest BCUT2D eigenvalue weighted by Gasteiger charge is -2.16. The van der Waals surface area contributed by atoms with Crippen molar-refractivity contribution >= 4 is 17.6 Å². The molecule has 1 aromatic carbocycles. The summed E-state index contributed by atoms with van der Waals surface area (Å²) < 4.78 is 0. The quantitative estimate of drug-likeness (QED) is 0.571. The molecule has 0 aromatic heterocycles. The number of carboxylic acids is 1. The summed E-state index contributed by atoms with van der Waals surface area (Å²) in [6.07, 6.45) is 1.19. The van der Waals surface area contributed by atoms with Crippen LogP contribution in [0.3, 0.4) is 0 Å². The van der Waals surface area contributed by atoms with Gasteiger partial charge in [-0.3, -0.25) is 9.59 Å². The zero-order valence-electron chi connectivity index (χ0n) is 11.6. The first kappa shape index (κ1) is 16.0. The number of benzene rings is 1. The van der Waals surface area contributed by atoms with Crippen molar-refractivity contribution in [3.8, 4) is 5.75 Å². The van der Waals surface area contributed by atoms with Crippen LogP contribution < -0.4 is 10.6 Å². The molecule has 0 aliphatic heterocycles. The van der Waals surface area contributed by atoms with Crippen LogP contribution in [0.15, 0.2) is 18.2 Å². The van der Waals surface area contributed by atoms with E-state index < -0.39 is 5.97 Å². The average molecular weight is 280 g/mol. The van der Waals surface area contributed by atoms with Gasteiger partial charge in [0.25, 0.3) is 0 Å². The Labute approximate surface area is 117 Å². The zero-order chi connectivity index (χ0) is 15.1. The second-order valence-electron chi connectivity index (χ2n) is 4.57. The Morgan fingerprint density at radius 2 is 2.05 bits per heavy atom. The van der Waals surface area contributed by atoms with Gasteiger partial charge in [-0.1, -0.05) is 6.92 Å². The number of nitrogens with one attached hydrogen (secondary N) is 2. The van der Waals surface area contributed by atoms with Crippen LogP contribution in [0.4, 0.5) is 5.69 Å². The number of hydrogen-bond acceptors (Lipinski definition) is 4. The van der Waals surface area contributed by atoms with Crippen LogP contribution >= 0.6 is 0 Å². The molecule has 6 heteroatoms. The lowest BCUT2D eigenvalue weighted by molar-refractivity contribution is -0.136. The number of carbonyl (C=O) groups excluding carboxylic acids is 1. The number of phenols is 1. The molecule has 0 fully saturated rings. The lowest BCUT2D eigenvalue weighted by atomic mass is 10.1. The van der Waals surface area contributed by atoms with Gasteiger partial charge in [0.05, 0.1) is 6.54 Å². The van der Waals surface area contributed by atoms with Crippen molar-refractivity contribution in [1.29, 1.82) is 0 Å². The van der Waals surface area contributed by atoms with E-state index in [1.54, 1.807) is 19.1 Å². The Kier molecular flexibility index (Phi) is 5.99. The molecule has 6 nitrogen and oxygen atoms in total. The molecule has 0 saturated carbocycles. The molecule has 1 amide bonds. The molecule has 0 radical (unpaired) electrons. The maximum atomic E-state index is 11.5. The van der Waals surface area contributed by atoms with Crippen LogP contribution in [-0.2, 0) is 9.59 Å². The number of hydrogen-bond donors (Lipinski definition) is 4. The lowest BCUT2D eigenvalue weighted by Crippen LogP contribution is -2.25. The highest BCUT2D eigenvalue weighted by Gasteiger charge is 2.12. The fourth-order valence-electron chi connectivity index (χ4n) is 1.78. The van der Waals surface area contributed by atoms with E-state index in [-0.39, 0.29) is 24.2 Å². The summed E-state index contributed by atoms with van der Waals surface area (Å²) in [4.78, 5) is 22.0. The van der Waals surface area contributed by atoms with Gasteiger partial charge in [0.1, 0.15) is 5.75 Å². The smallest absolute Gasteiger partial charge is 0.317 e. The van der Waals surface area contributed by atoms with Gasteiger partial charge >= 0.3 is 5.97 Å². The van der Waals surface area contributed by atoms with Crippen molar-refractivity contribution in [2.75, 3.05) is 11.9 Å². The second kappa shape index (κ2) is 7.49. The molecule has 1 unspecified atom stereocenters. The third-order valence-corrected chi connectivity index (χ3v) is 2.81. The molecule has 0 saturated heterocycles. The summed E-state index contributed by atoms with van der Waals surface area (Å²) >= 11 is 0. The standard InChI is InChI=1S/C14H20N2O4/c1-3-4-13(18)16-10-5-6-12(17)11(7-10)9(2)15-8-14(19)20/h5-7,9,15,17H,3-4,8H2,1-2H3,(H,16,18)(H,19,20). The highest BCUT2D eigenvalue weighted by atomic mass is 16.4. The Bertz CT molecular complexity index is 488. The van der Waals surface area contributed by atoms with Crippen molar-refractivity contribution in [1.82, 2.24) is 5.32 Å². The maximum absolute atomic E-state index is 11.5. The van der Waals surface area contributed by atoms with Crippen molar-refractivity contribution in [2.24, 2.45) is 0 Å². The van der Waals surface area contributed by atoms with E-state index in [0.29, 0.717) is 17.7 Å². The van der Waals surface area contributed by atoms with E-state index >= 15 is 0 Å². The minimum absolute atomic E-state index is 0.0591. The molecule has 0 aliphatic rings. The topological polar surface area (TPSA) is 98.7 Å². The summed E-state index contributed by atoms with van der Waals surface area (Å²) in [5.74, 6) is -0.997. The Hall–Kier alpha value is -2.08. The van der Waals surface area contributed by atoms with Crippen LogP contribution in [-0.4, -0.2) is 28.6 Å². The van der Waals surface area contributed by atoms with E-state index in [1.165, 1.54) is 6.07 Å². The average Bonchev–Trinajstić information content (AvgIpc) is 2.38. The van der Waals surface area contributed by atoms with Crippen molar-refractivity contribution in [2.45, 2.75) is 32.7 Å². The minimum atomic E-state index is -0.969. The SMILES string of the molecule is CCCC(=O)Nc1ccc(O)c(C(C)NCC(=O)O)c1. The van der Waals surface area contributed by atoms with Gasteiger partial charge in [-0.05, 0) is 31.5 Å². The number of carbonyl (C=O) groups is 2. The summed E-state index contributed by atoms with van der Waals surface area (Å²) in [6.45, 7) is 3.46. The first-order valence-electron chi connectivity index (χ1n) is 6.52. The van der Waals surface area contributed by atoms with E-state index in [0.717, 1.165) is 6.42 Å². The van der Waals surface area contributed by atoms with Crippen LogP contribution in [0.2, 0.25) is 0 Å². The van der Waals surface area contributed by atoms with Gasteiger partial charge in [0, 0.05) is 23.7 Å². The molecule has 110 valence electrons. The van der Waals surface area contributed by atoms with E-state index in [4.69, 9.17) is 5.11 Å². The monoisotopic (exact) mass is 280 g/mol.